The largest absolute Gasteiger partial charge is 0.487 e. The lowest BCUT2D eigenvalue weighted by atomic mass is 9.73. The van der Waals surface area contributed by atoms with Gasteiger partial charge in [-0.3, -0.25) is 0 Å². The van der Waals surface area contributed by atoms with Gasteiger partial charge in [-0.05, 0) is 44.6 Å². The summed E-state index contributed by atoms with van der Waals surface area (Å²) in [4.78, 5) is 12.6. The minimum Gasteiger partial charge on any atom is -0.487 e. The molecule has 4 atom stereocenters. The van der Waals surface area contributed by atoms with Crippen LogP contribution in [0.3, 0.4) is 0 Å². The highest BCUT2D eigenvalue weighted by Gasteiger charge is 2.46. The number of benzene rings is 1. The molecule has 2 N–H and O–H groups in total. The molecule has 1 saturated carbocycles. The predicted molar refractivity (Wildman–Crippen MR) is 89.0 cm³/mol. The molecule has 128 valence electrons. The Balaban J connectivity index is 1.30. The van der Waals surface area contributed by atoms with Crippen LogP contribution in [0.4, 0.5) is 4.79 Å². The fraction of sp³-hybridized carbons (Fsp3) is 0.632. The predicted octanol–water partition coefficient (Wildman–Crippen LogP) is 3.05. The lowest BCUT2D eigenvalue weighted by Crippen LogP contribution is -2.52. The number of urea groups is 1. The molecule has 0 radical (unpaired) electrons. The number of ether oxygens (including phenoxy) is 2. The Morgan fingerprint density at radius 3 is 2.75 bits per heavy atom. The summed E-state index contributed by atoms with van der Waals surface area (Å²) in [6.07, 6.45) is 7.96. The minimum atomic E-state index is -0.0765. The van der Waals surface area contributed by atoms with E-state index in [9.17, 15) is 4.79 Å². The molecule has 4 aliphatic rings. The van der Waals surface area contributed by atoms with Gasteiger partial charge in [0.1, 0.15) is 11.4 Å². The van der Waals surface area contributed by atoms with Crippen molar-refractivity contribution < 1.29 is 14.3 Å². The van der Waals surface area contributed by atoms with E-state index in [0.29, 0.717) is 6.10 Å². The van der Waals surface area contributed by atoms with Gasteiger partial charge in [-0.1, -0.05) is 18.2 Å². The van der Waals surface area contributed by atoms with Crippen LogP contribution in [0.1, 0.15) is 56.6 Å². The van der Waals surface area contributed by atoms with Crippen LogP contribution in [0, 0.1) is 0 Å². The third-order valence-corrected chi connectivity index (χ3v) is 6.19. The molecule has 1 aliphatic carbocycles. The van der Waals surface area contributed by atoms with Crippen LogP contribution >= 0.6 is 0 Å². The van der Waals surface area contributed by atoms with Crippen molar-refractivity contribution in [2.75, 3.05) is 0 Å². The van der Waals surface area contributed by atoms with Gasteiger partial charge < -0.3 is 20.1 Å². The number of nitrogens with one attached hydrogen (secondary N) is 2. The average molecular weight is 328 g/mol. The van der Waals surface area contributed by atoms with Gasteiger partial charge in [0.15, 0.2) is 0 Å². The van der Waals surface area contributed by atoms with E-state index in [1.165, 1.54) is 6.42 Å². The van der Waals surface area contributed by atoms with Crippen molar-refractivity contribution in [2.24, 2.45) is 0 Å². The van der Waals surface area contributed by atoms with Crippen LogP contribution in [0.2, 0.25) is 0 Å². The number of carbonyl (C=O) groups is 1. The second-order valence-corrected chi connectivity index (χ2v) is 7.77. The van der Waals surface area contributed by atoms with E-state index < -0.39 is 0 Å². The molecule has 5 rings (SSSR count). The van der Waals surface area contributed by atoms with Gasteiger partial charge in [0.05, 0.1) is 24.3 Å². The van der Waals surface area contributed by atoms with Crippen LogP contribution < -0.4 is 15.4 Å². The van der Waals surface area contributed by atoms with Crippen molar-refractivity contribution in [3.63, 3.8) is 0 Å². The number of hydrogen-bond acceptors (Lipinski definition) is 3. The second kappa shape index (κ2) is 5.38. The van der Waals surface area contributed by atoms with E-state index in [2.05, 4.69) is 16.7 Å². The standard InChI is InChI=1S/C19H24N2O3/c22-18(20-14-10-12-6-7-17(14)23-12)21-15-11-19(8-3-9-19)24-16-5-2-1-4-13(15)16/h1-2,4-5,12,14-15,17H,3,6-11H2,(H2,20,21,22). The maximum absolute atomic E-state index is 12.6. The first-order valence-electron chi connectivity index (χ1n) is 9.21. The Kier molecular flexibility index (Phi) is 3.27. The van der Waals surface area contributed by atoms with Gasteiger partial charge in [0.2, 0.25) is 0 Å². The van der Waals surface area contributed by atoms with E-state index in [1.54, 1.807) is 0 Å². The Labute approximate surface area is 142 Å². The number of para-hydroxylation sites is 1. The first-order chi connectivity index (χ1) is 11.7. The molecule has 5 heteroatoms. The molecule has 3 aliphatic heterocycles. The Bertz CT molecular complexity index is 658. The summed E-state index contributed by atoms with van der Waals surface area (Å²) in [5.41, 5.74) is 1.02. The molecule has 2 bridgehead atoms. The molecular weight excluding hydrogens is 304 g/mol. The smallest absolute Gasteiger partial charge is 0.315 e. The van der Waals surface area contributed by atoms with Crippen molar-refractivity contribution in [1.29, 1.82) is 0 Å². The summed E-state index contributed by atoms with van der Waals surface area (Å²) < 4.78 is 12.1. The summed E-state index contributed by atoms with van der Waals surface area (Å²) >= 11 is 0. The lowest BCUT2D eigenvalue weighted by molar-refractivity contribution is -0.0356. The fourth-order valence-corrected chi connectivity index (χ4v) is 4.78. The number of hydrogen-bond donors (Lipinski definition) is 2. The van der Waals surface area contributed by atoms with Gasteiger partial charge in [-0.15, -0.1) is 0 Å². The molecule has 3 fully saturated rings. The molecule has 4 unspecified atom stereocenters. The zero-order valence-electron chi connectivity index (χ0n) is 13.8. The maximum atomic E-state index is 12.6. The van der Waals surface area contributed by atoms with Gasteiger partial charge in [0.25, 0.3) is 0 Å². The van der Waals surface area contributed by atoms with Crippen molar-refractivity contribution in [3.05, 3.63) is 29.8 Å². The second-order valence-electron chi connectivity index (χ2n) is 7.77. The van der Waals surface area contributed by atoms with Crippen molar-refractivity contribution in [2.45, 2.75) is 74.8 Å². The molecule has 2 saturated heterocycles. The normalized spacial score (nSPS) is 35.0. The minimum absolute atomic E-state index is 0.0229. The third kappa shape index (κ3) is 2.37. The van der Waals surface area contributed by atoms with Gasteiger partial charge in [-0.25, -0.2) is 4.79 Å². The van der Waals surface area contributed by atoms with Gasteiger partial charge in [0, 0.05) is 12.0 Å². The first-order valence-corrected chi connectivity index (χ1v) is 9.21. The zero-order chi connectivity index (χ0) is 16.1. The third-order valence-electron chi connectivity index (χ3n) is 6.19. The molecule has 2 amide bonds. The summed E-state index contributed by atoms with van der Waals surface area (Å²) in [6.45, 7) is 0. The lowest BCUT2D eigenvalue weighted by Gasteiger charge is -2.48. The highest BCUT2D eigenvalue weighted by molar-refractivity contribution is 5.75. The van der Waals surface area contributed by atoms with Crippen LogP contribution in [0.5, 0.6) is 5.75 Å². The monoisotopic (exact) mass is 328 g/mol. The highest BCUT2D eigenvalue weighted by atomic mass is 16.5. The van der Waals surface area contributed by atoms with Gasteiger partial charge >= 0.3 is 6.03 Å². The Hall–Kier alpha value is -1.75. The highest BCUT2D eigenvalue weighted by Crippen LogP contribution is 2.48. The van der Waals surface area contributed by atoms with E-state index in [-0.39, 0.29) is 29.8 Å². The Morgan fingerprint density at radius 2 is 2.04 bits per heavy atom. The van der Waals surface area contributed by atoms with E-state index in [1.807, 2.05) is 18.2 Å². The topological polar surface area (TPSA) is 59.6 Å². The summed E-state index contributed by atoms with van der Waals surface area (Å²) in [5.74, 6) is 0.928. The van der Waals surface area contributed by atoms with Crippen molar-refractivity contribution in [3.8, 4) is 5.75 Å². The number of rotatable bonds is 2. The first kappa shape index (κ1) is 14.6. The van der Waals surface area contributed by atoms with Crippen LogP contribution in [0.25, 0.3) is 0 Å². The van der Waals surface area contributed by atoms with E-state index in [0.717, 1.165) is 49.8 Å². The zero-order valence-corrected chi connectivity index (χ0v) is 13.8. The molecule has 1 spiro atoms. The van der Waals surface area contributed by atoms with Crippen molar-refractivity contribution in [1.82, 2.24) is 10.6 Å². The summed E-state index contributed by atoms with van der Waals surface area (Å²) in [7, 11) is 0. The molecule has 5 nitrogen and oxygen atoms in total. The maximum Gasteiger partial charge on any atom is 0.315 e. The Morgan fingerprint density at radius 1 is 1.17 bits per heavy atom. The van der Waals surface area contributed by atoms with Gasteiger partial charge in [-0.2, -0.15) is 0 Å². The van der Waals surface area contributed by atoms with E-state index in [4.69, 9.17) is 9.47 Å². The molecule has 1 aromatic rings. The molecule has 3 heterocycles. The number of carbonyl (C=O) groups excluding carboxylic acids is 1. The average Bonchev–Trinajstić information content (AvgIpc) is 3.16. The number of fused-ring (bicyclic) bond motifs is 3. The summed E-state index contributed by atoms with van der Waals surface area (Å²) in [5, 5.41) is 6.34. The fourth-order valence-electron chi connectivity index (χ4n) is 4.78. The van der Waals surface area contributed by atoms with Crippen LogP contribution in [-0.2, 0) is 4.74 Å². The molecular formula is C19H24N2O3. The molecule has 1 aromatic carbocycles. The van der Waals surface area contributed by atoms with E-state index >= 15 is 0 Å². The van der Waals surface area contributed by atoms with Crippen LogP contribution in [-0.4, -0.2) is 29.9 Å². The quantitative estimate of drug-likeness (QED) is 0.877. The van der Waals surface area contributed by atoms with Crippen LogP contribution in [0.15, 0.2) is 24.3 Å². The molecule has 24 heavy (non-hydrogen) atoms. The summed E-state index contributed by atoms with van der Waals surface area (Å²) in [6, 6.07) is 8.20. The SMILES string of the molecule is O=C(NC1CC2(CCC2)Oc2ccccc21)NC1CC2CCC1O2. The van der Waals surface area contributed by atoms with Crippen molar-refractivity contribution >= 4 is 6.03 Å². The number of amides is 2. The molecule has 0 aromatic heterocycles.